The number of hydrogen-bond donors (Lipinski definition) is 0. The molecular weight excluding hydrogens is 326 g/mol. The lowest BCUT2D eigenvalue weighted by Crippen LogP contribution is -2.27. The van der Waals surface area contributed by atoms with Crippen LogP contribution in [0.5, 0.6) is 11.5 Å². The molecule has 0 aromatic heterocycles. The van der Waals surface area contributed by atoms with Gasteiger partial charge in [0.1, 0.15) is 0 Å². The van der Waals surface area contributed by atoms with Gasteiger partial charge in [0.25, 0.3) is 11.1 Å². The minimum Gasteiger partial charge on any atom is -0.493 e. The van der Waals surface area contributed by atoms with Gasteiger partial charge >= 0.3 is 0 Å². The third-order valence-electron chi connectivity index (χ3n) is 3.03. The van der Waals surface area contributed by atoms with E-state index in [0.717, 1.165) is 11.8 Å². The molecule has 0 radical (unpaired) electrons. The maximum Gasteiger partial charge on any atom is 0.293 e. The largest absolute Gasteiger partial charge is 0.493 e. The summed E-state index contributed by atoms with van der Waals surface area (Å²) in [6.07, 6.45) is 1.63. The number of likely N-dealkylation sites (N-methyl/N-ethyl adjacent to an activating group) is 1. The summed E-state index contributed by atoms with van der Waals surface area (Å²) in [5, 5.41) is 0.130. The monoisotopic (exact) mass is 341 g/mol. The Morgan fingerprint density at radius 2 is 2.05 bits per heavy atom. The molecule has 1 saturated heterocycles. The number of carbonyl (C=O) groups is 2. The zero-order chi connectivity index (χ0) is 16.3. The number of carbonyl (C=O) groups excluding carboxylic acids is 2. The first-order valence-electron chi connectivity index (χ1n) is 6.77. The van der Waals surface area contributed by atoms with Crippen LogP contribution in [0.15, 0.2) is 17.0 Å². The Morgan fingerprint density at radius 1 is 1.32 bits per heavy atom. The quantitative estimate of drug-likeness (QED) is 0.762. The maximum absolute atomic E-state index is 12.1. The molecule has 22 heavy (non-hydrogen) atoms. The number of imide groups is 1. The molecule has 1 aliphatic heterocycles. The molecule has 0 atom stereocenters. The van der Waals surface area contributed by atoms with E-state index in [-0.39, 0.29) is 11.1 Å². The highest BCUT2D eigenvalue weighted by Gasteiger charge is 2.33. The molecule has 118 valence electrons. The van der Waals surface area contributed by atoms with Gasteiger partial charge in [-0.3, -0.25) is 14.5 Å². The zero-order valence-corrected chi connectivity index (χ0v) is 14.1. The molecule has 0 unspecified atom stereocenters. The molecule has 2 amide bonds. The first-order valence-corrected chi connectivity index (χ1v) is 7.96. The standard InChI is InChI=1S/C15H16ClNO4S/c1-4-17-14(18)12(22-15(17)19)8-9-6-10(16)13(21-5-2)11(7-9)20-3/h6-8H,4-5H2,1-3H3. The van der Waals surface area contributed by atoms with Crippen LogP contribution in [0.2, 0.25) is 5.02 Å². The fourth-order valence-corrected chi connectivity index (χ4v) is 3.21. The van der Waals surface area contributed by atoms with Crippen LogP contribution in [-0.2, 0) is 4.79 Å². The van der Waals surface area contributed by atoms with Crippen molar-refractivity contribution in [1.29, 1.82) is 0 Å². The van der Waals surface area contributed by atoms with Crippen molar-refractivity contribution in [3.8, 4) is 11.5 Å². The molecular formula is C15H16ClNO4S. The van der Waals surface area contributed by atoms with Crippen LogP contribution in [0.1, 0.15) is 19.4 Å². The first kappa shape index (κ1) is 16.7. The van der Waals surface area contributed by atoms with Gasteiger partial charge in [0, 0.05) is 6.54 Å². The Bertz CT molecular complexity index is 645. The first-order chi connectivity index (χ1) is 10.5. The van der Waals surface area contributed by atoms with Crippen molar-refractivity contribution in [2.24, 2.45) is 0 Å². The average molecular weight is 342 g/mol. The molecule has 1 aromatic carbocycles. The molecule has 1 aromatic rings. The summed E-state index contributed by atoms with van der Waals surface area (Å²) in [6.45, 7) is 4.43. The van der Waals surface area contributed by atoms with Gasteiger partial charge in [-0.1, -0.05) is 11.6 Å². The number of nitrogens with zero attached hydrogens (tertiary/aromatic N) is 1. The second-order valence-corrected chi connectivity index (χ2v) is 5.79. The van der Waals surface area contributed by atoms with E-state index in [0.29, 0.717) is 40.1 Å². The summed E-state index contributed by atoms with van der Waals surface area (Å²) in [7, 11) is 1.52. The lowest BCUT2D eigenvalue weighted by atomic mass is 10.1. The number of ether oxygens (including phenoxy) is 2. The van der Waals surface area contributed by atoms with Crippen molar-refractivity contribution < 1.29 is 19.1 Å². The molecule has 1 fully saturated rings. The molecule has 0 spiro atoms. The molecule has 2 rings (SSSR count). The van der Waals surface area contributed by atoms with Gasteiger partial charge in [-0.25, -0.2) is 0 Å². The Morgan fingerprint density at radius 3 is 2.59 bits per heavy atom. The maximum atomic E-state index is 12.1. The molecule has 0 aliphatic carbocycles. The van der Waals surface area contributed by atoms with Gasteiger partial charge in [-0.2, -0.15) is 0 Å². The average Bonchev–Trinajstić information content (AvgIpc) is 2.75. The van der Waals surface area contributed by atoms with E-state index < -0.39 is 0 Å². The Kier molecular flexibility index (Phi) is 5.37. The predicted molar refractivity (Wildman–Crippen MR) is 87.5 cm³/mol. The Labute approximate surface area is 138 Å². The van der Waals surface area contributed by atoms with Crippen LogP contribution in [0.4, 0.5) is 4.79 Å². The summed E-state index contributed by atoms with van der Waals surface area (Å²) in [6, 6.07) is 3.39. The molecule has 0 bridgehead atoms. The number of methoxy groups -OCH3 is 1. The number of thioether (sulfide) groups is 1. The minimum absolute atomic E-state index is 0.261. The fraction of sp³-hybridized carbons (Fsp3) is 0.333. The lowest BCUT2D eigenvalue weighted by molar-refractivity contribution is -0.122. The van der Waals surface area contributed by atoms with Crippen LogP contribution < -0.4 is 9.47 Å². The zero-order valence-electron chi connectivity index (χ0n) is 12.5. The topological polar surface area (TPSA) is 55.8 Å². The van der Waals surface area contributed by atoms with Crippen molar-refractivity contribution in [3.63, 3.8) is 0 Å². The highest BCUT2D eigenvalue weighted by Crippen LogP contribution is 2.38. The van der Waals surface area contributed by atoms with Crippen molar-refractivity contribution in [2.75, 3.05) is 20.3 Å². The summed E-state index contributed by atoms with van der Waals surface area (Å²) in [5.41, 5.74) is 0.673. The summed E-state index contributed by atoms with van der Waals surface area (Å²) < 4.78 is 10.7. The molecule has 5 nitrogen and oxygen atoms in total. The molecule has 1 heterocycles. The van der Waals surface area contributed by atoms with Crippen LogP contribution >= 0.6 is 23.4 Å². The molecule has 1 aliphatic rings. The van der Waals surface area contributed by atoms with Gasteiger partial charge in [-0.15, -0.1) is 0 Å². The van der Waals surface area contributed by atoms with Crippen LogP contribution in [0, 0.1) is 0 Å². The van der Waals surface area contributed by atoms with Gasteiger partial charge in [0.05, 0.1) is 23.6 Å². The summed E-state index contributed by atoms with van der Waals surface area (Å²) >= 11 is 7.11. The van der Waals surface area contributed by atoms with Gasteiger partial charge in [0.15, 0.2) is 11.5 Å². The smallest absolute Gasteiger partial charge is 0.293 e. The highest BCUT2D eigenvalue weighted by molar-refractivity contribution is 8.18. The second-order valence-electron chi connectivity index (χ2n) is 4.39. The number of hydrogen-bond acceptors (Lipinski definition) is 5. The van der Waals surface area contributed by atoms with Crippen molar-refractivity contribution in [2.45, 2.75) is 13.8 Å². The van der Waals surface area contributed by atoms with E-state index in [1.165, 1.54) is 12.0 Å². The van der Waals surface area contributed by atoms with Crippen LogP contribution in [0.25, 0.3) is 6.08 Å². The van der Waals surface area contributed by atoms with Gasteiger partial charge in [-0.05, 0) is 49.4 Å². The Hall–Kier alpha value is -1.66. The van der Waals surface area contributed by atoms with Gasteiger partial charge < -0.3 is 9.47 Å². The third kappa shape index (κ3) is 3.23. The number of halogens is 1. The minimum atomic E-state index is -0.290. The van der Waals surface area contributed by atoms with E-state index in [1.807, 2.05) is 6.92 Å². The van der Waals surface area contributed by atoms with Crippen molar-refractivity contribution in [1.82, 2.24) is 4.90 Å². The van der Waals surface area contributed by atoms with Crippen LogP contribution in [0.3, 0.4) is 0 Å². The van der Waals surface area contributed by atoms with E-state index in [2.05, 4.69) is 0 Å². The third-order valence-corrected chi connectivity index (χ3v) is 4.22. The highest BCUT2D eigenvalue weighted by atomic mass is 35.5. The number of rotatable bonds is 5. The molecule has 7 heteroatoms. The predicted octanol–water partition coefficient (Wildman–Crippen LogP) is 3.80. The summed E-state index contributed by atoms with van der Waals surface area (Å²) in [4.78, 5) is 25.4. The van der Waals surface area contributed by atoms with Crippen molar-refractivity contribution >= 4 is 40.6 Å². The van der Waals surface area contributed by atoms with E-state index in [1.54, 1.807) is 25.1 Å². The molecule has 0 saturated carbocycles. The summed E-state index contributed by atoms with van der Waals surface area (Å²) in [5.74, 6) is 0.655. The van der Waals surface area contributed by atoms with Crippen LogP contribution in [-0.4, -0.2) is 36.3 Å². The SMILES string of the molecule is CCOc1c(Cl)cc(C=C2SC(=O)N(CC)C2=O)cc1OC. The molecule has 0 N–H and O–H groups in total. The number of amides is 2. The van der Waals surface area contributed by atoms with E-state index in [4.69, 9.17) is 21.1 Å². The van der Waals surface area contributed by atoms with Gasteiger partial charge in [0.2, 0.25) is 0 Å². The second kappa shape index (κ2) is 7.07. The normalized spacial score (nSPS) is 16.5. The van der Waals surface area contributed by atoms with E-state index >= 15 is 0 Å². The van der Waals surface area contributed by atoms with E-state index in [9.17, 15) is 9.59 Å². The Balaban J connectivity index is 2.38. The lowest BCUT2D eigenvalue weighted by Gasteiger charge is -2.12. The number of benzene rings is 1. The fourth-order valence-electron chi connectivity index (χ4n) is 2.03. The van der Waals surface area contributed by atoms with Crippen molar-refractivity contribution in [3.05, 3.63) is 27.6 Å².